The van der Waals surface area contributed by atoms with Crippen molar-refractivity contribution in [2.45, 2.75) is 13.1 Å². The van der Waals surface area contributed by atoms with Crippen LogP contribution in [0.1, 0.15) is 5.76 Å². The van der Waals surface area contributed by atoms with Gasteiger partial charge in [0.2, 0.25) is 5.91 Å². The monoisotopic (exact) mass is 433 g/mol. The Morgan fingerprint density at radius 3 is 2.76 bits per heavy atom. The number of benzene rings is 1. The van der Waals surface area contributed by atoms with E-state index in [1.54, 1.807) is 23.6 Å². The van der Waals surface area contributed by atoms with Crippen LogP contribution in [0.3, 0.4) is 0 Å². The summed E-state index contributed by atoms with van der Waals surface area (Å²) >= 11 is 6.91. The highest BCUT2D eigenvalue weighted by molar-refractivity contribution is 7.17. The quantitative estimate of drug-likeness (QED) is 0.523. The molecular weight excluding hydrogens is 421 g/mol. The second-order valence-corrected chi connectivity index (χ2v) is 7.47. The predicted molar refractivity (Wildman–Crippen MR) is 108 cm³/mol. The Balaban J connectivity index is 1.70. The third kappa shape index (κ3) is 3.74. The topological polar surface area (TPSA) is 86.2 Å². The lowest BCUT2D eigenvalue weighted by atomic mass is 10.3. The number of halogens is 2. The van der Waals surface area contributed by atoms with Crippen molar-refractivity contribution in [1.82, 2.24) is 9.13 Å². The van der Waals surface area contributed by atoms with Crippen molar-refractivity contribution in [3.8, 4) is 0 Å². The van der Waals surface area contributed by atoms with Gasteiger partial charge in [0.15, 0.2) is 0 Å². The summed E-state index contributed by atoms with van der Waals surface area (Å²) < 4.78 is 21.1. The van der Waals surface area contributed by atoms with E-state index in [0.717, 1.165) is 10.6 Å². The molecule has 7 nitrogen and oxygen atoms in total. The molecule has 0 bridgehead atoms. The highest BCUT2D eigenvalue weighted by Gasteiger charge is 2.17. The first-order valence-electron chi connectivity index (χ1n) is 8.42. The van der Waals surface area contributed by atoms with Crippen LogP contribution in [-0.2, 0) is 17.9 Å². The number of nitrogens with one attached hydrogen (secondary N) is 1. The van der Waals surface area contributed by atoms with Crippen LogP contribution >= 0.6 is 22.9 Å². The number of hydrogen-bond donors (Lipinski definition) is 1. The fraction of sp³-hybridized carbons (Fsp3) is 0.105. The molecule has 0 atom stereocenters. The summed E-state index contributed by atoms with van der Waals surface area (Å²) in [6.45, 7) is -0.382. The lowest BCUT2D eigenvalue weighted by molar-refractivity contribution is -0.116. The number of carbonyl (C=O) groups is 1. The van der Waals surface area contributed by atoms with E-state index in [9.17, 15) is 18.8 Å². The normalized spacial score (nSPS) is 11.1. The zero-order valence-electron chi connectivity index (χ0n) is 14.7. The lowest BCUT2D eigenvalue weighted by Crippen LogP contribution is -2.41. The van der Waals surface area contributed by atoms with Gasteiger partial charge in [-0.05, 0) is 41.8 Å². The second-order valence-electron chi connectivity index (χ2n) is 6.15. The fourth-order valence-corrected chi connectivity index (χ4v) is 3.93. The Hall–Kier alpha value is -3.17. The van der Waals surface area contributed by atoms with Crippen molar-refractivity contribution in [2.75, 3.05) is 5.32 Å². The number of anilines is 1. The van der Waals surface area contributed by atoms with E-state index in [0.29, 0.717) is 21.7 Å². The minimum absolute atomic E-state index is 0.0479. The summed E-state index contributed by atoms with van der Waals surface area (Å²) in [6, 6.07) is 8.69. The minimum Gasteiger partial charge on any atom is -0.467 e. The molecule has 1 N–H and O–H groups in total. The molecule has 148 valence electrons. The van der Waals surface area contributed by atoms with Gasteiger partial charge in [-0.15, -0.1) is 11.3 Å². The van der Waals surface area contributed by atoms with E-state index in [4.69, 9.17) is 16.0 Å². The Bertz CT molecular complexity index is 1320. The first-order chi connectivity index (χ1) is 13.9. The van der Waals surface area contributed by atoms with E-state index in [1.807, 2.05) is 0 Å². The van der Waals surface area contributed by atoms with Crippen molar-refractivity contribution >= 4 is 44.7 Å². The summed E-state index contributed by atoms with van der Waals surface area (Å²) in [5.74, 6) is -0.687. The van der Waals surface area contributed by atoms with Crippen LogP contribution in [0.5, 0.6) is 0 Å². The molecule has 0 spiro atoms. The van der Waals surface area contributed by atoms with E-state index in [1.165, 1.54) is 34.3 Å². The molecule has 0 aliphatic rings. The molecule has 0 saturated carbocycles. The summed E-state index contributed by atoms with van der Waals surface area (Å²) in [4.78, 5) is 38.2. The number of thiophene rings is 1. The Morgan fingerprint density at radius 1 is 1.21 bits per heavy atom. The predicted octanol–water partition coefficient (Wildman–Crippen LogP) is 3.30. The number of rotatable bonds is 5. The first-order valence-corrected chi connectivity index (χ1v) is 9.68. The van der Waals surface area contributed by atoms with Crippen LogP contribution in [0.4, 0.5) is 10.1 Å². The molecule has 4 rings (SSSR count). The van der Waals surface area contributed by atoms with Crippen molar-refractivity contribution < 1.29 is 13.6 Å². The molecule has 0 unspecified atom stereocenters. The third-order valence-electron chi connectivity index (χ3n) is 4.24. The van der Waals surface area contributed by atoms with Gasteiger partial charge in [0, 0.05) is 5.69 Å². The highest BCUT2D eigenvalue weighted by Crippen LogP contribution is 2.20. The number of nitrogens with zero attached hydrogens (tertiary/aromatic N) is 2. The summed E-state index contributed by atoms with van der Waals surface area (Å²) in [5.41, 5.74) is -0.420. The number of fused-ring (bicyclic) bond motifs is 1. The van der Waals surface area contributed by atoms with Crippen molar-refractivity contribution in [3.63, 3.8) is 0 Å². The molecular formula is C19H13ClFN3O4S. The molecule has 29 heavy (non-hydrogen) atoms. The zero-order chi connectivity index (χ0) is 20.5. The number of furan rings is 1. The summed E-state index contributed by atoms with van der Waals surface area (Å²) in [7, 11) is 0. The van der Waals surface area contributed by atoms with Gasteiger partial charge >= 0.3 is 5.69 Å². The van der Waals surface area contributed by atoms with Gasteiger partial charge in [0.05, 0.1) is 23.3 Å². The molecule has 10 heteroatoms. The largest absolute Gasteiger partial charge is 0.467 e. The molecule has 1 amide bonds. The third-order valence-corrected chi connectivity index (χ3v) is 5.42. The van der Waals surface area contributed by atoms with Crippen LogP contribution in [0.15, 0.2) is 62.0 Å². The molecule has 0 aliphatic carbocycles. The maximum absolute atomic E-state index is 13.3. The highest BCUT2D eigenvalue weighted by atomic mass is 35.5. The van der Waals surface area contributed by atoms with Gasteiger partial charge < -0.3 is 9.73 Å². The molecule has 0 aliphatic heterocycles. The van der Waals surface area contributed by atoms with Crippen LogP contribution in [0, 0.1) is 5.82 Å². The molecule has 0 saturated heterocycles. The molecule has 4 aromatic rings. The van der Waals surface area contributed by atoms with Crippen molar-refractivity contribution in [3.05, 3.63) is 85.5 Å². The summed E-state index contributed by atoms with van der Waals surface area (Å²) in [5, 5.41) is 4.12. The maximum atomic E-state index is 13.3. The summed E-state index contributed by atoms with van der Waals surface area (Å²) in [6.07, 6.45) is 1.45. The average molecular weight is 434 g/mol. The lowest BCUT2D eigenvalue weighted by Gasteiger charge is -2.12. The maximum Gasteiger partial charge on any atom is 0.332 e. The van der Waals surface area contributed by atoms with Gasteiger partial charge in [0.1, 0.15) is 22.8 Å². The Morgan fingerprint density at radius 2 is 2.03 bits per heavy atom. The zero-order valence-corrected chi connectivity index (χ0v) is 16.3. The van der Waals surface area contributed by atoms with Gasteiger partial charge in [-0.25, -0.2) is 9.18 Å². The standard InChI is InChI=1S/C19H13ClFN3O4S/c20-13-8-11(3-4-14(13)21)22-16(25)10-23-15-5-7-29-17(15)18(26)24(19(23)27)9-12-2-1-6-28-12/h1-8H,9-10H2,(H,22,25). The Kier molecular flexibility index (Phi) is 5.08. The van der Waals surface area contributed by atoms with E-state index < -0.39 is 23.0 Å². The molecule has 3 aromatic heterocycles. The van der Waals surface area contributed by atoms with Crippen molar-refractivity contribution in [1.29, 1.82) is 0 Å². The number of carbonyl (C=O) groups excluding carboxylic acids is 1. The minimum atomic E-state index is -0.635. The van der Waals surface area contributed by atoms with Crippen LogP contribution in [0.25, 0.3) is 10.2 Å². The SMILES string of the molecule is O=C(Cn1c(=O)n(Cc2ccco2)c(=O)c2sccc21)Nc1ccc(F)c(Cl)c1. The molecule has 0 radical (unpaired) electrons. The van der Waals surface area contributed by atoms with Crippen LogP contribution in [0.2, 0.25) is 5.02 Å². The number of aromatic nitrogens is 2. The van der Waals surface area contributed by atoms with E-state index in [2.05, 4.69) is 5.32 Å². The van der Waals surface area contributed by atoms with Crippen LogP contribution in [-0.4, -0.2) is 15.0 Å². The van der Waals surface area contributed by atoms with Gasteiger partial charge in [-0.2, -0.15) is 0 Å². The molecule has 0 fully saturated rings. The average Bonchev–Trinajstić information content (AvgIpc) is 3.37. The number of amides is 1. The molecule has 3 heterocycles. The first kappa shape index (κ1) is 19.2. The van der Waals surface area contributed by atoms with E-state index >= 15 is 0 Å². The fourth-order valence-electron chi connectivity index (χ4n) is 2.90. The number of hydrogen-bond acceptors (Lipinski definition) is 5. The molecule has 1 aromatic carbocycles. The second kappa shape index (κ2) is 7.69. The van der Waals surface area contributed by atoms with Gasteiger partial charge in [-0.3, -0.25) is 18.7 Å². The van der Waals surface area contributed by atoms with Gasteiger partial charge in [-0.1, -0.05) is 11.6 Å². The Labute approximate surface area is 171 Å². The van der Waals surface area contributed by atoms with E-state index in [-0.39, 0.29) is 18.1 Å². The van der Waals surface area contributed by atoms with Crippen LogP contribution < -0.4 is 16.6 Å². The smallest absolute Gasteiger partial charge is 0.332 e. The van der Waals surface area contributed by atoms with Gasteiger partial charge in [0.25, 0.3) is 5.56 Å². The van der Waals surface area contributed by atoms with Crippen molar-refractivity contribution in [2.24, 2.45) is 0 Å².